The second kappa shape index (κ2) is 8.46. The van der Waals surface area contributed by atoms with Crippen molar-refractivity contribution in [1.82, 2.24) is 10.3 Å². The van der Waals surface area contributed by atoms with Crippen molar-refractivity contribution < 1.29 is 9.53 Å². The van der Waals surface area contributed by atoms with Crippen molar-refractivity contribution in [3.05, 3.63) is 60.3 Å². The molecule has 1 amide bonds. The molecule has 5 nitrogen and oxygen atoms in total. The largest absolute Gasteiger partial charge is 0.380 e. The van der Waals surface area contributed by atoms with Gasteiger partial charge in [-0.15, -0.1) is 0 Å². The first-order valence-electron chi connectivity index (χ1n) is 8.52. The molecule has 1 aromatic heterocycles. The molecule has 3 rings (SSSR count). The maximum Gasteiger partial charge on any atom is 0.267 e. The number of aromatic nitrogens is 1. The van der Waals surface area contributed by atoms with Gasteiger partial charge in [0, 0.05) is 30.6 Å². The Bertz CT molecular complexity index is 827. The van der Waals surface area contributed by atoms with Crippen LogP contribution in [0.5, 0.6) is 0 Å². The molecule has 0 unspecified atom stereocenters. The van der Waals surface area contributed by atoms with E-state index >= 15 is 0 Å². The number of aromatic amines is 1. The number of fused-ring (bicyclic) bond motifs is 1. The summed E-state index contributed by atoms with van der Waals surface area (Å²) in [6.45, 7) is 2.25. The van der Waals surface area contributed by atoms with Gasteiger partial charge < -0.3 is 20.8 Å². The number of hydrogen-bond donors (Lipinski definition) is 3. The first-order valence-corrected chi connectivity index (χ1v) is 8.52. The maximum absolute atomic E-state index is 12.3. The van der Waals surface area contributed by atoms with Crippen molar-refractivity contribution in [2.45, 2.75) is 6.42 Å². The zero-order chi connectivity index (χ0) is 17.5. The van der Waals surface area contributed by atoms with Crippen LogP contribution in [0, 0.1) is 0 Å². The van der Waals surface area contributed by atoms with E-state index in [4.69, 9.17) is 10.5 Å². The molecule has 0 radical (unpaired) electrons. The molecule has 4 N–H and O–H groups in total. The minimum atomic E-state index is -0.101. The molecule has 0 aliphatic heterocycles. The van der Waals surface area contributed by atoms with Crippen LogP contribution >= 0.6 is 0 Å². The molecule has 1 heterocycles. The summed E-state index contributed by atoms with van der Waals surface area (Å²) in [5.74, 6) is -0.101. The molecule has 25 heavy (non-hydrogen) atoms. The number of nitrogens with two attached hydrogens (primary N) is 1. The third-order valence-corrected chi connectivity index (χ3v) is 3.99. The molecule has 130 valence electrons. The van der Waals surface area contributed by atoms with Gasteiger partial charge in [0.05, 0.1) is 6.61 Å². The van der Waals surface area contributed by atoms with Crippen molar-refractivity contribution in [2.24, 2.45) is 5.73 Å². The SMILES string of the molecule is NCCOCCCNC(=O)c1cc2ccc(-c3ccccc3)cc2[nH]1. The van der Waals surface area contributed by atoms with Gasteiger partial charge in [-0.05, 0) is 29.7 Å². The standard InChI is InChI=1S/C20H23N3O2/c21-9-12-25-11-4-10-22-20(24)19-14-17-8-7-16(13-18(17)23-19)15-5-2-1-3-6-15/h1-3,5-8,13-14,23H,4,9-12,21H2,(H,22,24). The Balaban J connectivity index is 1.64. The van der Waals surface area contributed by atoms with E-state index in [1.807, 2.05) is 30.3 Å². The van der Waals surface area contributed by atoms with Gasteiger partial charge in [-0.25, -0.2) is 0 Å². The van der Waals surface area contributed by atoms with Crippen LogP contribution in [-0.2, 0) is 4.74 Å². The zero-order valence-electron chi connectivity index (χ0n) is 14.1. The second-order valence-electron chi connectivity index (χ2n) is 5.86. The van der Waals surface area contributed by atoms with Crippen LogP contribution < -0.4 is 11.1 Å². The topological polar surface area (TPSA) is 80.1 Å². The molecule has 5 heteroatoms. The van der Waals surface area contributed by atoms with Crippen molar-refractivity contribution in [2.75, 3.05) is 26.3 Å². The summed E-state index contributed by atoms with van der Waals surface area (Å²) >= 11 is 0. The quantitative estimate of drug-likeness (QED) is 0.553. The fourth-order valence-electron chi connectivity index (χ4n) is 2.72. The highest BCUT2D eigenvalue weighted by molar-refractivity contribution is 5.98. The number of nitrogens with one attached hydrogen (secondary N) is 2. The third-order valence-electron chi connectivity index (χ3n) is 3.99. The predicted octanol–water partition coefficient (Wildman–Crippen LogP) is 2.93. The van der Waals surface area contributed by atoms with Crippen LogP contribution in [0.25, 0.3) is 22.0 Å². The molecule has 0 atom stereocenters. The lowest BCUT2D eigenvalue weighted by molar-refractivity contribution is 0.0939. The fourth-order valence-corrected chi connectivity index (χ4v) is 2.72. The number of rotatable bonds is 8. The van der Waals surface area contributed by atoms with E-state index in [2.05, 4.69) is 34.6 Å². The fraction of sp³-hybridized carbons (Fsp3) is 0.250. The molecule has 0 aliphatic carbocycles. The lowest BCUT2D eigenvalue weighted by Gasteiger charge is -2.04. The number of H-pyrrole nitrogens is 1. The van der Waals surface area contributed by atoms with E-state index < -0.39 is 0 Å². The smallest absolute Gasteiger partial charge is 0.267 e. The summed E-state index contributed by atoms with van der Waals surface area (Å²) in [4.78, 5) is 15.5. The third kappa shape index (κ3) is 4.47. The van der Waals surface area contributed by atoms with Gasteiger partial charge in [-0.3, -0.25) is 4.79 Å². The van der Waals surface area contributed by atoms with E-state index in [0.717, 1.165) is 28.5 Å². The summed E-state index contributed by atoms with van der Waals surface area (Å²) < 4.78 is 5.29. The lowest BCUT2D eigenvalue weighted by Crippen LogP contribution is -2.25. The van der Waals surface area contributed by atoms with Crippen molar-refractivity contribution >= 4 is 16.8 Å². The van der Waals surface area contributed by atoms with E-state index in [1.54, 1.807) is 0 Å². The average molecular weight is 337 g/mol. The molecule has 2 aromatic carbocycles. The number of carbonyl (C=O) groups excluding carboxylic acids is 1. The summed E-state index contributed by atoms with van der Waals surface area (Å²) in [5.41, 5.74) is 9.16. The summed E-state index contributed by atoms with van der Waals surface area (Å²) in [6.07, 6.45) is 0.768. The highest BCUT2D eigenvalue weighted by Gasteiger charge is 2.09. The number of ether oxygens (including phenoxy) is 1. The van der Waals surface area contributed by atoms with E-state index in [-0.39, 0.29) is 5.91 Å². The minimum Gasteiger partial charge on any atom is -0.380 e. The Morgan fingerprint density at radius 3 is 2.68 bits per heavy atom. The summed E-state index contributed by atoms with van der Waals surface area (Å²) in [7, 11) is 0. The zero-order valence-corrected chi connectivity index (χ0v) is 14.1. The van der Waals surface area contributed by atoms with Gasteiger partial charge >= 0.3 is 0 Å². The maximum atomic E-state index is 12.3. The van der Waals surface area contributed by atoms with Crippen LogP contribution in [-0.4, -0.2) is 37.2 Å². The first-order chi connectivity index (χ1) is 12.3. The summed E-state index contributed by atoms with van der Waals surface area (Å²) in [6, 6.07) is 18.2. The minimum absolute atomic E-state index is 0.101. The number of amides is 1. The highest BCUT2D eigenvalue weighted by atomic mass is 16.5. The first kappa shape index (κ1) is 17.2. The molecule has 0 aliphatic rings. The number of carbonyl (C=O) groups is 1. The Morgan fingerprint density at radius 1 is 1.04 bits per heavy atom. The molecule has 0 saturated heterocycles. The van der Waals surface area contributed by atoms with Crippen molar-refractivity contribution in [3.63, 3.8) is 0 Å². The van der Waals surface area contributed by atoms with E-state index in [1.165, 1.54) is 0 Å². The molecule has 0 saturated carbocycles. The second-order valence-corrected chi connectivity index (χ2v) is 5.86. The van der Waals surface area contributed by atoms with Crippen LogP contribution in [0.15, 0.2) is 54.6 Å². The van der Waals surface area contributed by atoms with Gasteiger partial charge in [0.2, 0.25) is 0 Å². The number of hydrogen-bond acceptors (Lipinski definition) is 3. The molecule has 3 aromatic rings. The Hall–Kier alpha value is -2.63. The average Bonchev–Trinajstić information content (AvgIpc) is 3.08. The highest BCUT2D eigenvalue weighted by Crippen LogP contribution is 2.24. The van der Waals surface area contributed by atoms with E-state index in [9.17, 15) is 4.79 Å². The lowest BCUT2D eigenvalue weighted by atomic mass is 10.0. The van der Waals surface area contributed by atoms with Crippen molar-refractivity contribution in [3.8, 4) is 11.1 Å². The van der Waals surface area contributed by atoms with Gasteiger partial charge in [-0.2, -0.15) is 0 Å². The Labute approximate surface area is 147 Å². The van der Waals surface area contributed by atoms with E-state index in [0.29, 0.717) is 32.0 Å². The van der Waals surface area contributed by atoms with Crippen LogP contribution in [0.2, 0.25) is 0 Å². The molecule has 0 spiro atoms. The summed E-state index contributed by atoms with van der Waals surface area (Å²) in [5, 5.41) is 3.93. The monoisotopic (exact) mass is 337 g/mol. The predicted molar refractivity (Wildman–Crippen MR) is 101 cm³/mol. The molecule has 0 fully saturated rings. The Kier molecular flexibility index (Phi) is 5.82. The van der Waals surface area contributed by atoms with Crippen molar-refractivity contribution in [1.29, 1.82) is 0 Å². The van der Waals surface area contributed by atoms with Gasteiger partial charge in [0.25, 0.3) is 5.91 Å². The molecule has 0 bridgehead atoms. The number of benzene rings is 2. The molecular weight excluding hydrogens is 314 g/mol. The molecular formula is C20H23N3O2. The van der Waals surface area contributed by atoms with Gasteiger partial charge in [-0.1, -0.05) is 42.5 Å². The van der Waals surface area contributed by atoms with Crippen LogP contribution in [0.1, 0.15) is 16.9 Å². The normalized spacial score (nSPS) is 10.9. The van der Waals surface area contributed by atoms with Gasteiger partial charge in [0.1, 0.15) is 5.69 Å². The van der Waals surface area contributed by atoms with Crippen LogP contribution in [0.3, 0.4) is 0 Å². The van der Waals surface area contributed by atoms with Gasteiger partial charge in [0.15, 0.2) is 0 Å². The van der Waals surface area contributed by atoms with Crippen LogP contribution in [0.4, 0.5) is 0 Å². The Morgan fingerprint density at radius 2 is 1.88 bits per heavy atom.